The van der Waals surface area contributed by atoms with E-state index in [1.54, 1.807) is 0 Å². The van der Waals surface area contributed by atoms with Crippen LogP contribution in [0, 0.1) is 0 Å². The number of unbranched alkanes of at least 4 members (excludes halogenated alkanes) is 1. The summed E-state index contributed by atoms with van der Waals surface area (Å²) >= 11 is 0. The molecule has 0 amide bonds. The van der Waals surface area contributed by atoms with Crippen molar-refractivity contribution in [3.8, 4) is 16.9 Å². The molecular weight excluding hydrogens is 484 g/mol. The second-order valence-electron chi connectivity index (χ2n) is 9.63. The number of carboxylic acid groups (broad SMARTS) is 1. The number of carboxylic acids is 1. The van der Waals surface area contributed by atoms with E-state index in [9.17, 15) is 9.90 Å². The van der Waals surface area contributed by atoms with Gasteiger partial charge < -0.3 is 14.6 Å². The molecule has 0 bridgehead atoms. The minimum Gasteiger partial charge on any atom is -0.490 e. The molecule has 0 saturated carbocycles. The first-order chi connectivity index (χ1) is 19.1. The highest BCUT2D eigenvalue weighted by Gasteiger charge is 2.18. The van der Waals surface area contributed by atoms with E-state index in [-0.39, 0.29) is 0 Å². The van der Waals surface area contributed by atoms with Crippen molar-refractivity contribution in [3.05, 3.63) is 132 Å². The van der Waals surface area contributed by atoms with Crippen LogP contribution < -0.4 is 4.74 Å². The van der Waals surface area contributed by atoms with Crippen molar-refractivity contribution in [2.24, 2.45) is 0 Å². The van der Waals surface area contributed by atoms with Gasteiger partial charge in [-0.1, -0.05) is 97.1 Å². The lowest BCUT2D eigenvalue weighted by molar-refractivity contribution is -0.150. The van der Waals surface area contributed by atoms with Crippen LogP contribution in [0.3, 0.4) is 0 Å². The molecule has 0 aliphatic rings. The molecule has 0 fully saturated rings. The summed E-state index contributed by atoms with van der Waals surface area (Å²) in [5.41, 5.74) is 6.91. The van der Waals surface area contributed by atoms with Crippen LogP contribution in [0.15, 0.2) is 115 Å². The first-order valence-corrected chi connectivity index (χ1v) is 13.5. The van der Waals surface area contributed by atoms with Crippen LogP contribution in [0.1, 0.15) is 36.5 Å². The van der Waals surface area contributed by atoms with Crippen LogP contribution >= 0.6 is 0 Å². The van der Waals surface area contributed by atoms with Gasteiger partial charge in [0.25, 0.3) is 0 Å². The van der Waals surface area contributed by atoms with Crippen molar-refractivity contribution in [2.45, 2.75) is 38.7 Å². The maximum Gasteiger partial charge on any atom is 0.333 e. The quantitative estimate of drug-likeness (QED) is 0.172. The van der Waals surface area contributed by atoms with Gasteiger partial charge in [-0.25, -0.2) is 4.79 Å². The molecule has 4 aromatic rings. The van der Waals surface area contributed by atoms with Crippen LogP contribution in [-0.4, -0.2) is 30.4 Å². The molecule has 0 spiro atoms. The van der Waals surface area contributed by atoms with E-state index in [4.69, 9.17) is 9.47 Å². The van der Waals surface area contributed by atoms with Gasteiger partial charge in [0.05, 0.1) is 0 Å². The zero-order valence-electron chi connectivity index (χ0n) is 22.5. The Morgan fingerprint density at radius 2 is 1.41 bits per heavy atom. The molecule has 0 aliphatic heterocycles. The summed E-state index contributed by atoms with van der Waals surface area (Å²) in [5, 5.41) is 9.60. The molecule has 0 aromatic heterocycles. The SMILES string of the molecule is C/C(=C/COc1ccc(CC(OCCCCc2ccccc2)C(=O)O)cc1)c1ccc(-c2ccccc2)cc1. The van der Waals surface area contributed by atoms with E-state index in [0.717, 1.165) is 41.7 Å². The number of ether oxygens (including phenoxy) is 2. The average Bonchev–Trinajstić information content (AvgIpc) is 2.98. The minimum atomic E-state index is -0.934. The third-order valence-corrected chi connectivity index (χ3v) is 6.73. The molecule has 39 heavy (non-hydrogen) atoms. The van der Waals surface area contributed by atoms with Crippen molar-refractivity contribution in [2.75, 3.05) is 13.2 Å². The number of aryl methyl sites for hydroxylation is 1. The predicted octanol–water partition coefficient (Wildman–Crippen LogP) is 7.87. The Morgan fingerprint density at radius 3 is 2.08 bits per heavy atom. The number of aliphatic carboxylic acids is 1. The molecule has 0 radical (unpaired) electrons. The Kier molecular flexibility index (Phi) is 10.5. The highest BCUT2D eigenvalue weighted by molar-refractivity contribution is 5.72. The second-order valence-corrected chi connectivity index (χ2v) is 9.63. The normalized spacial score (nSPS) is 12.2. The lowest BCUT2D eigenvalue weighted by Gasteiger charge is -2.14. The molecular formula is C35H36O4. The van der Waals surface area contributed by atoms with Crippen LogP contribution in [0.5, 0.6) is 5.75 Å². The highest BCUT2D eigenvalue weighted by Crippen LogP contribution is 2.22. The molecule has 200 valence electrons. The van der Waals surface area contributed by atoms with Gasteiger partial charge in [0.2, 0.25) is 0 Å². The number of hydrogen-bond donors (Lipinski definition) is 1. The summed E-state index contributed by atoms with van der Waals surface area (Å²) in [6.45, 7) is 2.97. The number of carbonyl (C=O) groups is 1. The number of benzene rings is 4. The summed E-state index contributed by atoms with van der Waals surface area (Å²) < 4.78 is 11.6. The monoisotopic (exact) mass is 520 g/mol. The number of hydrogen-bond acceptors (Lipinski definition) is 3. The Balaban J connectivity index is 1.21. The largest absolute Gasteiger partial charge is 0.490 e. The Morgan fingerprint density at radius 1 is 0.769 bits per heavy atom. The van der Waals surface area contributed by atoms with Crippen molar-refractivity contribution < 1.29 is 19.4 Å². The van der Waals surface area contributed by atoms with E-state index in [2.05, 4.69) is 61.5 Å². The fourth-order valence-electron chi connectivity index (χ4n) is 4.39. The zero-order chi connectivity index (χ0) is 27.3. The first-order valence-electron chi connectivity index (χ1n) is 13.5. The zero-order valence-corrected chi connectivity index (χ0v) is 22.5. The van der Waals surface area contributed by atoms with Gasteiger partial charge in [-0.3, -0.25) is 0 Å². The number of allylic oxidation sites excluding steroid dienone is 1. The van der Waals surface area contributed by atoms with E-state index < -0.39 is 12.1 Å². The van der Waals surface area contributed by atoms with Gasteiger partial charge in [-0.15, -0.1) is 0 Å². The van der Waals surface area contributed by atoms with Gasteiger partial charge in [-0.2, -0.15) is 0 Å². The molecule has 1 atom stereocenters. The van der Waals surface area contributed by atoms with Crippen molar-refractivity contribution in [1.29, 1.82) is 0 Å². The van der Waals surface area contributed by atoms with E-state index in [0.29, 0.717) is 19.6 Å². The third-order valence-electron chi connectivity index (χ3n) is 6.73. The van der Waals surface area contributed by atoms with Gasteiger partial charge in [0.1, 0.15) is 12.4 Å². The van der Waals surface area contributed by atoms with E-state index >= 15 is 0 Å². The Bertz CT molecular complexity index is 1310. The second kappa shape index (κ2) is 14.7. The summed E-state index contributed by atoms with van der Waals surface area (Å²) in [5.74, 6) is -0.188. The van der Waals surface area contributed by atoms with Gasteiger partial charge in [0, 0.05) is 13.0 Å². The predicted molar refractivity (Wildman–Crippen MR) is 158 cm³/mol. The highest BCUT2D eigenvalue weighted by atomic mass is 16.5. The molecule has 0 heterocycles. The first kappa shape index (κ1) is 27.9. The van der Waals surface area contributed by atoms with Crippen molar-refractivity contribution in [1.82, 2.24) is 0 Å². The fourth-order valence-corrected chi connectivity index (χ4v) is 4.39. The molecule has 0 aliphatic carbocycles. The molecule has 0 saturated heterocycles. The molecule has 1 N–H and O–H groups in total. The molecule has 4 rings (SSSR count). The molecule has 1 unspecified atom stereocenters. The smallest absolute Gasteiger partial charge is 0.333 e. The van der Waals surface area contributed by atoms with Crippen molar-refractivity contribution in [3.63, 3.8) is 0 Å². The number of rotatable bonds is 14. The summed E-state index contributed by atoms with van der Waals surface area (Å²) in [7, 11) is 0. The molecule has 4 heteroatoms. The molecule has 4 aromatic carbocycles. The third kappa shape index (κ3) is 8.98. The fraction of sp³-hybridized carbons (Fsp3) is 0.229. The van der Waals surface area contributed by atoms with Crippen LogP contribution in [0.25, 0.3) is 16.7 Å². The van der Waals surface area contributed by atoms with E-state index in [1.165, 1.54) is 16.7 Å². The van der Waals surface area contributed by atoms with Crippen LogP contribution in [0.4, 0.5) is 0 Å². The topological polar surface area (TPSA) is 55.8 Å². The Labute approximate surface area is 231 Å². The Hall–Kier alpha value is -4.15. The molecule has 4 nitrogen and oxygen atoms in total. The lowest BCUT2D eigenvalue weighted by Crippen LogP contribution is -2.26. The van der Waals surface area contributed by atoms with Gasteiger partial charge in [-0.05, 0) is 77.8 Å². The van der Waals surface area contributed by atoms with Gasteiger partial charge in [0.15, 0.2) is 6.10 Å². The average molecular weight is 521 g/mol. The summed E-state index contributed by atoms with van der Waals surface area (Å²) in [6, 6.07) is 36.7. The van der Waals surface area contributed by atoms with E-state index in [1.807, 2.05) is 60.7 Å². The van der Waals surface area contributed by atoms with Crippen LogP contribution in [0.2, 0.25) is 0 Å². The standard InChI is InChI=1S/C35H36O4/c1-27(30-17-19-32(20-18-30)31-13-6-3-7-14-31)23-25-38-33-21-15-29(16-22-33)26-34(35(36)37)39-24-9-8-12-28-10-4-2-5-11-28/h2-7,10-11,13-23,34H,8-9,12,24-26H2,1H3,(H,36,37)/b27-23-. The summed E-state index contributed by atoms with van der Waals surface area (Å²) in [4.78, 5) is 11.7. The maximum atomic E-state index is 11.7. The summed E-state index contributed by atoms with van der Waals surface area (Å²) in [6.07, 6.45) is 4.31. The minimum absolute atomic E-state index is 0.326. The van der Waals surface area contributed by atoms with Crippen LogP contribution in [-0.2, 0) is 22.4 Å². The lowest BCUT2D eigenvalue weighted by atomic mass is 10.0. The van der Waals surface area contributed by atoms with Crippen molar-refractivity contribution >= 4 is 11.5 Å². The maximum absolute atomic E-state index is 11.7. The van der Waals surface area contributed by atoms with Gasteiger partial charge >= 0.3 is 5.97 Å².